The molecular weight excluding hydrogens is 331 g/mol. The fourth-order valence-corrected chi connectivity index (χ4v) is 2.25. The summed E-state index contributed by atoms with van der Waals surface area (Å²) in [6.45, 7) is 0.875. The van der Waals surface area contributed by atoms with Crippen molar-refractivity contribution in [3.05, 3.63) is 65.2 Å². The van der Waals surface area contributed by atoms with Gasteiger partial charge in [0.1, 0.15) is 5.75 Å². The number of aliphatic imine (C=N–C) groups is 1. The third-order valence-corrected chi connectivity index (χ3v) is 3.60. The van der Waals surface area contributed by atoms with E-state index in [1.54, 1.807) is 14.2 Å². The molecule has 0 spiro atoms. The molecule has 7 heteroatoms. The summed E-state index contributed by atoms with van der Waals surface area (Å²) in [5.41, 5.74) is 1.05. The molecule has 0 heterocycles. The highest BCUT2D eigenvalue weighted by Crippen LogP contribution is 2.29. The molecule has 0 aliphatic carbocycles. The van der Waals surface area contributed by atoms with Crippen LogP contribution in [0.15, 0.2) is 53.5 Å². The number of para-hydroxylation sites is 1. The Bertz CT molecular complexity index is 712. The van der Waals surface area contributed by atoms with Gasteiger partial charge in [-0.25, -0.2) is 0 Å². The number of methoxy groups -OCH3 is 1. The van der Waals surface area contributed by atoms with E-state index in [1.165, 1.54) is 12.1 Å². The van der Waals surface area contributed by atoms with Crippen molar-refractivity contribution in [2.75, 3.05) is 14.2 Å². The molecule has 0 saturated heterocycles. The van der Waals surface area contributed by atoms with E-state index < -0.39 is 11.7 Å². The number of halogens is 3. The monoisotopic (exact) mass is 351 g/mol. The summed E-state index contributed by atoms with van der Waals surface area (Å²) in [5, 5.41) is 6.21. The van der Waals surface area contributed by atoms with Gasteiger partial charge >= 0.3 is 6.18 Å². The summed E-state index contributed by atoms with van der Waals surface area (Å²) in [6.07, 6.45) is -4.32. The number of rotatable bonds is 5. The summed E-state index contributed by atoms with van der Waals surface area (Å²) in [6, 6.07) is 12.7. The van der Waals surface area contributed by atoms with Crippen molar-refractivity contribution in [3.8, 4) is 5.75 Å². The second kappa shape index (κ2) is 8.41. The zero-order valence-corrected chi connectivity index (χ0v) is 14.0. The number of ether oxygens (including phenoxy) is 1. The third kappa shape index (κ3) is 5.41. The molecule has 0 amide bonds. The van der Waals surface area contributed by atoms with Crippen LogP contribution in [-0.4, -0.2) is 20.1 Å². The summed E-state index contributed by atoms with van der Waals surface area (Å²) in [5.74, 6) is 1.32. The molecular formula is C18H20F3N3O. The Morgan fingerprint density at radius 3 is 2.24 bits per heavy atom. The van der Waals surface area contributed by atoms with Gasteiger partial charge in [0.15, 0.2) is 5.96 Å². The standard InChI is InChI=1S/C18H20F3N3O/c1-22-17(24-12-14-5-3-4-6-16(14)25-2)23-11-13-7-9-15(10-8-13)18(19,20)21/h3-10H,11-12H2,1-2H3,(H2,22,23,24). The fraction of sp³-hybridized carbons (Fsp3) is 0.278. The van der Waals surface area contributed by atoms with Gasteiger partial charge in [-0.05, 0) is 23.8 Å². The molecule has 0 fully saturated rings. The van der Waals surface area contributed by atoms with Crippen LogP contribution < -0.4 is 15.4 Å². The Labute approximate surface area is 144 Å². The molecule has 134 valence electrons. The van der Waals surface area contributed by atoms with Crippen LogP contribution in [0.25, 0.3) is 0 Å². The average molecular weight is 351 g/mol. The molecule has 0 saturated carbocycles. The van der Waals surface area contributed by atoms with Gasteiger partial charge in [-0.15, -0.1) is 0 Å². The molecule has 0 aliphatic rings. The van der Waals surface area contributed by atoms with Crippen LogP contribution in [0.2, 0.25) is 0 Å². The van der Waals surface area contributed by atoms with E-state index >= 15 is 0 Å². The maximum absolute atomic E-state index is 12.6. The van der Waals surface area contributed by atoms with E-state index in [2.05, 4.69) is 15.6 Å². The van der Waals surface area contributed by atoms with Gasteiger partial charge in [0, 0.05) is 25.7 Å². The second-order valence-corrected chi connectivity index (χ2v) is 5.29. The van der Waals surface area contributed by atoms with Crippen molar-refractivity contribution < 1.29 is 17.9 Å². The maximum atomic E-state index is 12.6. The van der Waals surface area contributed by atoms with Gasteiger partial charge in [0.25, 0.3) is 0 Å². The second-order valence-electron chi connectivity index (χ2n) is 5.29. The molecule has 2 N–H and O–H groups in total. The van der Waals surface area contributed by atoms with Crippen molar-refractivity contribution in [1.82, 2.24) is 10.6 Å². The van der Waals surface area contributed by atoms with Crippen LogP contribution in [0, 0.1) is 0 Å². The molecule has 0 bridgehead atoms. The lowest BCUT2D eigenvalue weighted by atomic mass is 10.1. The average Bonchev–Trinajstić information content (AvgIpc) is 2.61. The first-order valence-corrected chi connectivity index (χ1v) is 7.66. The van der Waals surface area contributed by atoms with Gasteiger partial charge in [0.2, 0.25) is 0 Å². The molecule has 0 aromatic heterocycles. The van der Waals surface area contributed by atoms with Gasteiger partial charge in [-0.3, -0.25) is 4.99 Å². The molecule has 0 atom stereocenters. The van der Waals surface area contributed by atoms with Crippen molar-refractivity contribution >= 4 is 5.96 Å². The summed E-state index contributed by atoms with van der Waals surface area (Å²) in [7, 11) is 3.24. The smallest absolute Gasteiger partial charge is 0.416 e. The normalized spacial score (nSPS) is 12.0. The van der Waals surface area contributed by atoms with Gasteiger partial charge in [-0.2, -0.15) is 13.2 Å². The third-order valence-electron chi connectivity index (χ3n) is 3.60. The molecule has 25 heavy (non-hydrogen) atoms. The van der Waals surface area contributed by atoms with Crippen LogP contribution >= 0.6 is 0 Å². The Hall–Kier alpha value is -2.70. The largest absolute Gasteiger partial charge is 0.496 e. The number of nitrogens with zero attached hydrogens (tertiary/aromatic N) is 1. The SMILES string of the molecule is CN=C(NCc1ccc(C(F)(F)F)cc1)NCc1ccccc1OC. The van der Waals surface area contributed by atoms with Crippen LogP contribution in [0.4, 0.5) is 13.2 Å². The zero-order chi connectivity index (χ0) is 18.3. The van der Waals surface area contributed by atoms with Gasteiger partial charge in [0.05, 0.1) is 12.7 Å². The molecule has 4 nitrogen and oxygen atoms in total. The number of nitrogens with one attached hydrogen (secondary N) is 2. The number of hydrogen-bond donors (Lipinski definition) is 2. The minimum Gasteiger partial charge on any atom is -0.496 e. The number of guanidine groups is 1. The summed E-state index contributed by atoms with van der Waals surface area (Å²) < 4.78 is 43.0. The van der Waals surface area contributed by atoms with E-state index in [0.717, 1.165) is 29.0 Å². The number of alkyl halides is 3. The van der Waals surface area contributed by atoms with E-state index in [1.807, 2.05) is 24.3 Å². The van der Waals surface area contributed by atoms with Crippen LogP contribution in [0.5, 0.6) is 5.75 Å². The highest BCUT2D eigenvalue weighted by atomic mass is 19.4. The lowest BCUT2D eigenvalue weighted by Crippen LogP contribution is -2.36. The quantitative estimate of drug-likeness (QED) is 0.639. The Balaban J connectivity index is 1.90. The molecule has 0 unspecified atom stereocenters. The molecule has 0 aliphatic heterocycles. The van der Waals surface area contributed by atoms with Crippen molar-refractivity contribution in [2.24, 2.45) is 4.99 Å². The zero-order valence-electron chi connectivity index (χ0n) is 14.0. The van der Waals surface area contributed by atoms with Crippen molar-refractivity contribution in [2.45, 2.75) is 19.3 Å². The van der Waals surface area contributed by atoms with E-state index in [9.17, 15) is 13.2 Å². The number of benzene rings is 2. The molecule has 2 aromatic carbocycles. The highest BCUT2D eigenvalue weighted by Gasteiger charge is 2.29. The topological polar surface area (TPSA) is 45.7 Å². The van der Waals surface area contributed by atoms with Gasteiger partial charge in [-0.1, -0.05) is 30.3 Å². The maximum Gasteiger partial charge on any atom is 0.416 e. The van der Waals surface area contributed by atoms with E-state index in [0.29, 0.717) is 19.0 Å². The van der Waals surface area contributed by atoms with Crippen molar-refractivity contribution in [3.63, 3.8) is 0 Å². The Morgan fingerprint density at radius 1 is 1.00 bits per heavy atom. The van der Waals surface area contributed by atoms with Crippen molar-refractivity contribution in [1.29, 1.82) is 0 Å². The van der Waals surface area contributed by atoms with Crippen LogP contribution in [-0.2, 0) is 19.3 Å². The van der Waals surface area contributed by atoms with Crippen LogP contribution in [0.1, 0.15) is 16.7 Å². The van der Waals surface area contributed by atoms with E-state index in [4.69, 9.17) is 4.74 Å². The molecule has 0 radical (unpaired) electrons. The minimum atomic E-state index is -4.32. The van der Waals surface area contributed by atoms with E-state index in [-0.39, 0.29) is 0 Å². The van der Waals surface area contributed by atoms with Crippen LogP contribution in [0.3, 0.4) is 0 Å². The first kappa shape index (κ1) is 18.6. The molecule has 2 rings (SSSR count). The first-order chi connectivity index (χ1) is 11.9. The first-order valence-electron chi connectivity index (χ1n) is 7.66. The molecule has 2 aromatic rings. The predicted molar refractivity (Wildman–Crippen MR) is 91.5 cm³/mol. The minimum absolute atomic E-state index is 0.365. The summed E-state index contributed by atoms with van der Waals surface area (Å²) >= 11 is 0. The highest BCUT2D eigenvalue weighted by molar-refractivity contribution is 5.79. The predicted octanol–water partition coefficient (Wildman–Crippen LogP) is 3.58. The lowest BCUT2D eigenvalue weighted by molar-refractivity contribution is -0.137. The number of hydrogen-bond acceptors (Lipinski definition) is 2. The van der Waals surface area contributed by atoms with Gasteiger partial charge < -0.3 is 15.4 Å². The lowest BCUT2D eigenvalue weighted by Gasteiger charge is -2.14. The Kier molecular flexibility index (Phi) is 6.27. The Morgan fingerprint density at radius 2 is 1.64 bits per heavy atom. The fourth-order valence-electron chi connectivity index (χ4n) is 2.25. The summed E-state index contributed by atoms with van der Waals surface area (Å²) in [4.78, 5) is 4.10.